The lowest BCUT2D eigenvalue weighted by Crippen LogP contribution is -2.34. The molecule has 0 amide bonds. The topological polar surface area (TPSA) is 145 Å². The van der Waals surface area contributed by atoms with E-state index in [0.29, 0.717) is 36.0 Å². The Balaban J connectivity index is 1.44. The van der Waals surface area contributed by atoms with Crippen LogP contribution in [0.3, 0.4) is 0 Å². The number of rotatable bonds is 12. The van der Waals surface area contributed by atoms with Gasteiger partial charge in [0.05, 0.1) is 32.3 Å². The molecule has 5 unspecified atom stereocenters. The molecule has 0 aliphatic carbocycles. The molecule has 12 nitrogen and oxygen atoms in total. The van der Waals surface area contributed by atoms with Gasteiger partial charge in [0.2, 0.25) is 11.8 Å². The Morgan fingerprint density at radius 1 is 1.27 bits per heavy atom. The van der Waals surface area contributed by atoms with Crippen molar-refractivity contribution in [2.45, 2.75) is 52.5 Å². The van der Waals surface area contributed by atoms with E-state index in [1.807, 2.05) is 41.8 Å². The molecular formula is C24H33N6O6P. The van der Waals surface area contributed by atoms with Crippen LogP contribution in [0.2, 0.25) is 0 Å². The number of anilines is 1. The van der Waals surface area contributed by atoms with Gasteiger partial charge in [0, 0.05) is 5.92 Å². The van der Waals surface area contributed by atoms with Crippen molar-refractivity contribution >= 4 is 31.6 Å². The molecule has 0 saturated carbocycles. The number of imidazole rings is 1. The number of ether oxygens (including phenoxy) is 3. The Morgan fingerprint density at radius 2 is 2.05 bits per heavy atom. The number of aromatic nitrogens is 4. The summed E-state index contributed by atoms with van der Waals surface area (Å²) in [7, 11) is -1.65. The summed E-state index contributed by atoms with van der Waals surface area (Å²) in [6, 6.07) is 8.68. The first kappa shape index (κ1) is 27.0. The minimum atomic E-state index is -1.65. The lowest BCUT2D eigenvalue weighted by Gasteiger charge is -2.23. The SMILES string of the molecule is CCOC(=O)C(C)NP(OCC1CC(C)C(n2cnc3c(OCC)nc(N)nc32)O1)Oc1ccccc1. The summed E-state index contributed by atoms with van der Waals surface area (Å²) in [5.41, 5.74) is 6.99. The molecule has 0 bridgehead atoms. The molecule has 1 aromatic carbocycles. The lowest BCUT2D eigenvalue weighted by atomic mass is 10.1. The fraction of sp³-hybridized carbons (Fsp3) is 0.500. The predicted molar refractivity (Wildman–Crippen MR) is 138 cm³/mol. The molecule has 0 spiro atoms. The second kappa shape index (κ2) is 12.5. The number of nitrogens with two attached hydrogens (primary N) is 1. The summed E-state index contributed by atoms with van der Waals surface area (Å²) in [5.74, 6) is 0.850. The molecule has 0 radical (unpaired) electrons. The number of hydrogen-bond donors (Lipinski definition) is 2. The van der Waals surface area contributed by atoms with Crippen LogP contribution >= 0.6 is 8.53 Å². The maximum absolute atomic E-state index is 12.2. The number of hydrogen-bond acceptors (Lipinski definition) is 11. The van der Waals surface area contributed by atoms with Crippen molar-refractivity contribution in [3.63, 3.8) is 0 Å². The molecule has 3 heterocycles. The zero-order chi connectivity index (χ0) is 26.4. The summed E-state index contributed by atoms with van der Waals surface area (Å²) in [6.45, 7) is 8.43. The van der Waals surface area contributed by atoms with Crippen LogP contribution in [0.15, 0.2) is 36.7 Å². The van der Waals surface area contributed by atoms with Gasteiger partial charge in [-0.25, -0.2) is 10.1 Å². The first-order valence-electron chi connectivity index (χ1n) is 12.3. The van der Waals surface area contributed by atoms with Crippen molar-refractivity contribution < 1.29 is 28.1 Å². The summed E-state index contributed by atoms with van der Waals surface area (Å²) in [5, 5.41) is 3.10. The third kappa shape index (κ3) is 6.64. The fourth-order valence-electron chi connectivity index (χ4n) is 3.99. The van der Waals surface area contributed by atoms with Gasteiger partial charge in [-0.3, -0.25) is 9.36 Å². The normalized spacial score (nSPS) is 21.0. The number of benzene rings is 1. The number of para-hydroxylation sites is 1. The van der Waals surface area contributed by atoms with Gasteiger partial charge in [0.25, 0.3) is 0 Å². The third-order valence-electron chi connectivity index (χ3n) is 5.66. The number of fused-ring (bicyclic) bond motifs is 1. The Morgan fingerprint density at radius 3 is 2.78 bits per heavy atom. The molecule has 4 rings (SSSR count). The van der Waals surface area contributed by atoms with E-state index < -0.39 is 14.6 Å². The molecule has 3 N–H and O–H groups in total. The molecule has 1 aliphatic heterocycles. The summed E-state index contributed by atoms with van der Waals surface area (Å²) in [4.78, 5) is 25.1. The number of carbonyl (C=O) groups is 1. The van der Waals surface area contributed by atoms with Gasteiger partial charge in [-0.1, -0.05) is 25.1 Å². The number of esters is 1. The first-order chi connectivity index (χ1) is 17.9. The zero-order valence-electron chi connectivity index (χ0n) is 21.4. The Bertz CT molecular complexity index is 1180. The average molecular weight is 533 g/mol. The van der Waals surface area contributed by atoms with Gasteiger partial charge in [0.15, 0.2) is 11.2 Å². The second-order valence-electron chi connectivity index (χ2n) is 8.57. The van der Waals surface area contributed by atoms with Crippen LogP contribution in [0, 0.1) is 5.92 Å². The van der Waals surface area contributed by atoms with Gasteiger partial charge in [-0.15, -0.1) is 0 Å². The van der Waals surface area contributed by atoms with Crippen molar-refractivity contribution in [1.82, 2.24) is 24.6 Å². The van der Waals surface area contributed by atoms with E-state index >= 15 is 0 Å². The van der Waals surface area contributed by atoms with Crippen LogP contribution in [-0.4, -0.2) is 57.5 Å². The van der Waals surface area contributed by atoms with Crippen molar-refractivity contribution in [1.29, 1.82) is 0 Å². The van der Waals surface area contributed by atoms with Gasteiger partial charge in [0.1, 0.15) is 18.0 Å². The van der Waals surface area contributed by atoms with Gasteiger partial charge < -0.3 is 29.0 Å². The summed E-state index contributed by atoms with van der Waals surface area (Å²) >= 11 is 0. The maximum Gasteiger partial charge on any atom is 0.323 e. The van der Waals surface area contributed by atoms with Crippen LogP contribution in [0.25, 0.3) is 11.2 Å². The van der Waals surface area contributed by atoms with E-state index in [1.54, 1.807) is 20.2 Å². The minimum absolute atomic E-state index is 0.105. The number of nitrogen functional groups attached to an aromatic ring is 1. The summed E-state index contributed by atoms with van der Waals surface area (Å²) in [6.07, 6.45) is 1.87. The third-order valence-corrected chi connectivity index (χ3v) is 7.02. The highest BCUT2D eigenvalue weighted by atomic mass is 31.2. The summed E-state index contributed by atoms with van der Waals surface area (Å²) < 4.78 is 31.0. The van der Waals surface area contributed by atoms with E-state index in [1.165, 1.54) is 0 Å². The Kier molecular flexibility index (Phi) is 9.09. The highest BCUT2D eigenvalue weighted by molar-refractivity contribution is 7.45. The van der Waals surface area contributed by atoms with Gasteiger partial charge in [-0.05, 0) is 39.3 Å². The molecule has 5 atom stereocenters. The molecule has 2 aromatic heterocycles. The molecule has 13 heteroatoms. The molecule has 1 aliphatic rings. The fourth-order valence-corrected chi connectivity index (χ4v) is 5.21. The standard InChI is InChI=1S/C24H33N6O6P/c1-5-32-21-19-20(27-24(25)28-21)30(14-26-19)22-15(3)12-18(35-22)13-34-37(29-16(4)23(31)33-6-2)36-17-10-8-7-9-11-17/h7-11,14-16,18,22,29H,5-6,12-13H2,1-4H3,(H2,25,27,28). The molecule has 200 valence electrons. The van der Waals surface area contributed by atoms with Crippen LogP contribution in [-0.2, 0) is 18.8 Å². The van der Waals surface area contributed by atoms with Crippen molar-refractivity contribution in [2.24, 2.45) is 5.92 Å². The molecular weight excluding hydrogens is 499 g/mol. The van der Waals surface area contributed by atoms with Crippen molar-refractivity contribution in [3.05, 3.63) is 36.7 Å². The van der Waals surface area contributed by atoms with E-state index in [2.05, 4.69) is 27.0 Å². The smallest absolute Gasteiger partial charge is 0.323 e. The van der Waals surface area contributed by atoms with Gasteiger partial charge in [-0.2, -0.15) is 9.97 Å². The average Bonchev–Trinajstić information content (AvgIpc) is 3.46. The molecule has 3 aromatic rings. The van der Waals surface area contributed by atoms with Gasteiger partial charge >= 0.3 is 14.5 Å². The molecule has 1 saturated heterocycles. The highest BCUT2D eigenvalue weighted by Crippen LogP contribution is 2.40. The first-order valence-corrected chi connectivity index (χ1v) is 13.4. The van der Waals surface area contributed by atoms with Crippen molar-refractivity contribution in [2.75, 3.05) is 25.6 Å². The quantitative estimate of drug-likeness (QED) is 0.261. The zero-order valence-corrected chi connectivity index (χ0v) is 22.3. The largest absolute Gasteiger partial charge is 0.476 e. The van der Waals surface area contributed by atoms with E-state index in [-0.39, 0.29) is 36.8 Å². The van der Waals surface area contributed by atoms with Crippen molar-refractivity contribution in [3.8, 4) is 11.6 Å². The second-order valence-corrected chi connectivity index (χ2v) is 9.78. The Labute approximate surface area is 216 Å². The lowest BCUT2D eigenvalue weighted by molar-refractivity contribution is -0.144. The van der Waals surface area contributed by atoms with E-state index in [9.17, 15) is 4.79 Å². The maximum atomic E-state index is 12.2. The van der Waals surface area contributed by atoms with Crippen LogP contribution < -0.4 is 20.1 Å². The van der Waals surface area contributed by atoms with E-state index in [4.69, 9.17) is 29.0 Å². The number of nitrogens with zero attached hydrogens (tertiary/aromatic N) is 4. The Hall–Kier alpha value is -3.05. The van der Waals surface area contributed by atoms with Crippen LogP contribution in [0.1, 0.15) is 40.3 Å². The molecule has 1 fully saturated rings. The van der Waals surface area contributed by atoms with Crippen LogP contribution in [0.5, 0.6) is 11.6 Å². The minimum Gasteiger partial charge on any atom is -0.476 e. The predicted octanol–water partition coefficient (Wildman–Crippen LogP) is 3.59. The van der Waals surface area contributed by atoms with Crippen LogP contribution in [0.4, 0.5) is 5.95 Å². The number of carbonyl (C=O) groups excluding carboxylic acids is 1. The number of nitrogens with one attached hydrogen (secondary N) is 1. The van der Waals surface area contributed by atoms with E-state index in [0.717, 1.165) is 6.42 Å². The highest BCUT2D eigenvalue weighted by Gasteiger charge is 2.36. The monoisotopic (exact) mass is 532 g/mol. The molecule has 37 heavy (non-hydrogen) atoms.